The molecule has 0 spiro atoms. The van der Waals surface area contributed by atoms with Crippen molar-refractivity contribution >= 4 is 0 Å². The highest BCUT2D eigenvalue weighted by Crippen LogP contribution is 2.28. The molecular weight excluding hydrogens is 256 g/mol. The molecule has 3 rings (SSSR count). The standard InChI is InChI=1S/C19H24N2/c20-18(15-16-9-3-1-4-10-16)19(21-13-7-8-14-21)17-11-5-2-6-12-17/h1-6,9-12,18-19H,7-8,13-15,20H2. The van der Waals surface area contributed by atoms with Gasteiger partial charge in [-0.05, 0) is 43.5 Å². The normalized spacial score (nSPS) is 18.5. The number of hydrogen-bond donors (Lipinski definition) is 1. The van der Waals surface area contributed by atoms with E-state index in [4.69, 9.17) is 5.73 Å². The molecule has 0 bridgehead atoms. The maximum Gasteiger partial charge on any atom is 0.0502 e. The third kappa shape index (κ3) is 3.52. The highest BCUT2D eigenvalue weighted by molar-refractivity contribution is 5.23. The van der Waals surface area contributed by atoms with Crippen molar-refractivity contribution in [1.82, 2.24) is 4.90 Å². The van der Waals surface area contributed by atoms with Gasteiger partial charge in [-0.2, -0.15) is 0 Å². The van der Waals surface area contributed by atoms with Crippen LogP contribution < -0.4 is 5.73 Å². The second kappa shape index (κ2) is 6.88. The number of likely N-dealkylation sites (tertiary alicyclic amines) is 1. The van der Waals surface area contributed by atoms with Gasteiger partial charge >= 0.3 is 0 Å². The Morgan fingerprint density at radius 3 is 2.05 bits per heavy atom. The van der Waals surface area contributed by atoms with Crippen molar-refractivity contribution in [2.75, 3.05) is 13.1 Å². The average Bonchev–Trinajstić information content (AvgIpc) is 3.03. The van der Waals surface area contributed by atoms with Gasteiger partial charge in [-0.25, -0.2) is 0 Å². The van der Waals surface area contributed by atoms with E-state index in [-0.39, 0.29) is 6.04 Å². The van der Waals surface area contributed by atoms with E-state index in [1.54, 1.807) is 0 Å². The molecule has 2 nitrogen and oxygen atoms in total. The van der Waals surface area contributed by atoms with Crippen molar-refractivity contribution in [3.8, 4) is 0 Å². The molecule has 0 radical (unpaired) electrons. The van der Waals surface area contributed by atoms with Crippen LogP contribution in [0.5, 0.6) is 0 Å². The van der Waals surface area contributed by atoms with Gasteiger partial charge in [-0.15, -0.1) is 0 Å². The molecule has 2 atom stereocenters. The summed E-state index contributed by atoms with van der Waals surface area (Å²) in [6, 6.07) is 21.8. The van der Waals surface area contributed by atoms with E-state index in [1.165, 1.54) is 37.1 Å². The fraction of sp³-hybridized carbons (Fsp3) is 0.368. The Morgan fingerprint density at radius 1 is 0.857 bits per heavy atom. The molecule has 2 aromatic carbocycles. The molecule has 1 aliphatic heterocycles. The molecule has 0 aliphatic carbocycles. The maximum atomic E-state index is 6.62. The smallest absolute Gasteiger partial charge is 0.0502 e. The van der Waals surface area contributed by atoms with Crippen LogP contribution >= 0.6 is 0 Å². The maximum absolute atomic E-state index is 6.62. The predicted octanol–water partition coefficient (Wildman–Crippen LogP) is 3.39. The first-order chi connectivity index (χ1) is 10.3. The molecule has 1 saturated heterocycles. The van der Waals surface area contributed by atoms with E-state index < -0.39 is 0 Å². The summed E-state index contributed by atoms with van der Waals surface area (Å²) in [5.74, 6) is 0. The molecule has 110 valence electrons. The van der Waals surface area contributed by atoms with E-state index in [1.807, 2.05) is 0 Å². The molecular formula is C19H24N2. The van der Waals surface area contributed by atoms with Gasteiger partial charge < -0.3 is 5.73 Å². The zero-order valence-corrected chi connectivity index (χ0v) is 12.5. The van der Waals surface area contributed by atoms with Crippen LogP contribution in [0.15, 0.2) is 60.7 Å². The summed E-state index contributed by atoms with van der Waals surface area (Å²) in [5, 5.41) is 0. The highest BCUT2D eigenvalue weighted by Gasteiger charge is 2.28. The van der Waals surface area contributed by atoms with Crippen LogP contribution in [0.25, 0.3) is 0 Å². The first kappa shape index (κ1) is 14.3. The summed E-state index contributed by atoms with van der Waals surface area (Å²) in [6.45, 7) is 2.34. The lowest BCUT2D eigenvalue weighted by atomic mass is 9.93. The van der Waals surface area contributed by atoms with Crippen molar-refractivity contribution in [2.24, 2.45) is 5.73 Å². The monoisotopic (exact) mass is 280 g/mol. The summed E-state index contributed by atoms with van der Waals surface area (Å²) in [5.41, 5.74) is 9.29. The first-order valence-electron chi connectivity index (χ1n) is 7.93. The van der Waals surface area contributed by atoms with Crippen LogP contribution in [0.1, 0.15) is 30.0 Å². The molecule has 1 heterocycles. The van der Waals surface area contributed by atoms with Crippen LogP contribution in [0.2, 0.25) is 0 Å². The van der Waals surface area contributed by atoms with Crippen molar-refractivity contribution in [3.05, 3.63) is 71.8 Å². The summed E-state index contributed by atoms with van der Waals surface area (Å²) >= 11 is 0. The van der Waals surface area contributed by atoms with E-state index in [0.717, 1.165) is 6.42 Å². The zero-order valence-electron chi connectivity index (χ0n) is 12.5. The van der Waals surface area contributed by atoms with Gasteiger partial charge in [-0.3, -0.25) is 4.90 Å². The Morgan fingerprint density at radius 2 is 1.43 bits per heavy atom. The topological polar surface area (TPSA) is 29.3 Å². The second-order valence-electron chi connectivity index (χ2n) is 5.95. The van der Waals surface area contributed by atoms with E-state index in [9.17, 15) is 0 Å². The molecule has 2 aromatic rings. The molecule has 0 amide bonds. The Balaban J connectivity index is 1.81. The lowest BCUT2D eigenvalue weighted by molar-refractivity contribution is 0.211. The minimum atomic E-state index is 0.132. The Hall–Kier alpha value is -1.64. The van der Waals surface area contributed by atoms with Crippen LogP contribution in [0, 0.1) is 0 Å². The van der Waals surface area contributed by atoms with Gasteiger partial charge in [-0.1, -0.05) is 60.7 Å². The van der Waals surface area contributed by atoms with Crippen molar-refractivity contribution in [3.63, 3.8) is 0 Å². The Bertz CT molecular complexity index is 532. The SMILES string of the molecule is NC(Cc1ccccc1)C(c1ccccc1)N1CCCC1. The number of nitrogens with zero attached hydrogens (tertiary/aromatic N) is 1. The largest absolute Gasteiger partial charge is 0.326 e. The quantitative estimate of drug-likeness (QED) is 0.909. The summed E-state index contributed by atoms with van der Waals surface area (Å²) in [7, 11) is 0. The summed E-state index contributed by atoms with van der Waals surface area (Å²) in [4.78, 5) is 2.56. The molecule has 0 saturated carbocycles. The Kier molecular flexibility index (Phi) is 4.69. The number of benzene rings is 2. The average molecular weight is 280 g/mol. The van der Waals surface area contributed by atoms with Crippen LogP contribution in [-0.4, -0.2) is 24.0 Å². The van der Waals surface area contributed by atoms with Crippen LogP contribution in [0.4, 0.5) is 0 Å². The lowest BCUT2D eigenvalue weighted by Gasteiger charge is -2.33. The molecule has 2 heteroatoms. The van der Waals surface area contributed by atoms with E-state index >= 15 is 0 Å². The van der Waals surface area contributed by atoms with Crippen molar-refractivity contribution in [1.29, 1.82) is 0 Å². The van der Waals surface area contributed by atoms with Gasteiger partial charge in [0.2, 0.25) is 0 Å². The first-order valence-corrected chi connectivity index (χ1v) is 7.93. The third-order valence-corrected chi connectivity index (χ3v) is 4.39. The molecule has 2 unspecified atom stereocenters. The van der Waals surface area contributed by atoms with Gasteiger partial charge in [0.1, 0.15) is 0 Å². The van der Waals surface area contributed by atoms with Crippen LogP contribution in [0.3, 0.4) is 0 Å². The van der Waals surface area contributed by atoms with E-state index in [2.05, 4.69) is 65.6 Å². The molecule has 2 N–H and O–H groups in total. The van der Waals surface area contributed by atoms with Crippen molar-refractivity contribution in [2.45, 2.75) is 31.3 Å². The van der Waals surface area contributed by atoms with Gasteiger partial charge in [0.15, 0.2) is 0 Å². The Labute approximate surface area is 127 Å². The number of nitrogens with two attached hydrogens (primary N) is 1. The van der Waals surface area contributed by atoms with Gasteiger partial charge in [0.05, 0.1) is 6.04 Å². The molecule has 0 aromatic heterocycles. The highest BCUT2D eigenvalue weighted by atomic mass is 15.2. The fourth-order valence-electron chi connectivity index (χ4n) is 3.40. The lowest BCUT2D eigenvalue weighted by Crippen LogP contribution is -2.41. The molecule has 1 aliphatic rings. The number of rotatable bonds is 5. The number of hydrogen-bond acceptors (Lipinski definition) is 2. The third-order valence-electron chi connectivity index (χ3n) is 4.39. The van der Waals surface area contributed by atoms with Crippen LogP contribution in [-0.2, 0) is 6.42 Å². The second-order valence-corrected chi connectivity index (χ2v) is 5.95. The molecule has 21 heavy (non-hydrogen) atoms. The van der Waals surface area contributed by atoms with Crippen molar-refractivity contribution < 1.29 is 0 Å². The summed E-state index contributed by atoms with van der Waals surface area (Å²) < 4.78 is 0. The predicted molar refractivity (Wildman–Crippen MR) is 88.1 cm³/mol. The summed E-state index contributed by atoms with van der Waals surface area (Å²) in [6.07, 6.45) is 3.51. The minimum Gasteiger partial charge on any atom is -0.326 e. The van der Waals surface area contributed by atoms with Gasteiger partial charge in [0.25, 0.3) is 0 Å². The fourth-order valence-corrected chi connectivity index (χ4v) is 3.40. The van der Waals surface area contributed by atoms with E-state index in [0.29, 0.717) is 6.04 Å². The molecule has 1 fully saturated rings. The van der Waals surface area contributed by atoms with Gasteiger partial charge in [0, 0.05) is 6.04 Å². The zero-order chi connectivity index (χ0) is 14.5. The minimum absolute atomic E-state index is 0.132.